The van der Waals surface area contributed by atoms with Gasteiger partial charge in [0.15, 0.2) is 0 Å². The highest BCUT2D eigenvalue weighted by Gasteiger charge is 2.16. The van der Waals surface area contributed by atoms with E-state index in [9.17, 15) is 14.7 Å². The van der Waals surface area contributed by atoms with Crippen molar-refractivity contribution in [2.24, 2.45) is 0 Å². The number of nitrogens with zero attached hydrogens (tertiary/aromatic N) is 1. The first-order chi connectivity index (χ1) is 12.0. The van der Waals surface area contributed by atoms with Gasteiger partial charge in [0.25, 0.3) is 0 Å². The number of hydrogen-bond donors (Lipinski definition) is 1. The number of hydrogen-bond acceptors (Lipinski definition) is 4. The molecule has 0 aliphatic heterocycles. The molecule has 0 aliphatic rings. The lowest BCUT2D eigenvalue weighted by atomic mass is 10.00. The standard InChI is InChI=1S/C20H19NO4/c1-3-21(4-2)14-10-9-13-11-17(20(24)25-18(13)12-14)15-7-5-6-8-16(15)19(22)23/h5-12H,3-4H2,1-2H3,(H,22,23). The van der Waals surface area contributed by atoms with E-state index in [-0.39, 0.29) is 11.1 Å². The van der Waals surface area contributed by atoms with Crippen LogP contribution in [0, 0.1) is 0 Å². The van der Waals surface area contributed by atoms with Crippen LogP contribution in [0.1, 0.15) is 24.2 Å². The molecular formula is C20H19NO4. The van der Waals surface area contributed by atoms with Crippen molar-refractivity contribution >= 4 is 22.6 Å². The Balaban J connectivity index is 2.17. The van der Waals surface area contributed by atoms with E-state index in [1.165, 1.54) is 6.07 Å². The van der Waals surface area contributed by atoms with E-state index in [4.69, 9.17) is 4.42 Å². The van der Waals surface area contributed by atoms with E-state index in [0.29, 0.717) is 11.1 Å². The minimum Gasteiger partial charge on any atom is -0.478 e. The fourth-order valence-electron chi connectivity index (χ4n) is 2.98. The Hall–Kier alpha value is -3.08. The second-order valence-corrected chi connectivity index (χ2v) is 5.69. The number of aromatic carboxylic acids is 1. The molecule has 1 aromatic heterocycles. The summed E-state index contributed by atoms with van der Waals surface area (Å²) in [5, 5.41) is 10.1. The summed E-state index contributed by atoms with van der Waals surface area (Å²) >= 11 is 0. The van der Waals surface area contributed by atoms with Gasteiger partial charge in [-0.2, -0.15) is 0 Å². The molecule has 1 heterocycles. The Morgan fingerprint density at radius 1 is 1.04 bits per heavy atom. The SMILES string of the molecule is CCN(CC)c1ccc2cc(-c3ccccc3C(=O)O)c(=O)oc2c1. The van der Waals surface area contributed by atoms with Crippen LogP contribution in [0.4, 0.5) is 5.69 Å². The molecule has 3 aromatic rings. The summed E-state index contributed by atoms with van der Waals surface area (Å²) < 4.78 is 5.49. The molecule has 0 fully saturated rings. The lowest BCUT2D eigenvalue weighted by Gasteiger charge is -2.21. The Kier molecular flexibility index (Phi) is 4.57. The third-order valence-electron chi connectivity index (χ3n) is 4.30. The first kappa shape index (κ1) is 16.8. The zero-order chi connectivity index (χ0) is 18.0. The summed E-state index contributed by atoms with van der Waals surface area (Å²) in [6.45, 7) is 5.85. The number of carboxylic acid groups (broad SMARTS) is 1. The summed E-state index contributed by atoms with van der Waals surface area (Å²) in [5.74, 6) is -1.08. The molecule has 25 heavy (non-hydrogen) atoms. The average Bonchev–Trinajstić information content (AvgIpc) is 2.62. The Labute approximate surface area is 145 Å². The first-order valence-corrected chi connectivity index (χ1v) is 8.20. The molecule has 0 saturated carbocycles. The minimum absolute atomic E-state index is 0.0777. The molecule has 0 amide bonds. The average molecular weight is 337 g/mol. The van der Waals surface area contributed by atoms with Crippen molar-refractivity contribution in [1.82, 2.24) is 0 Å². The van der Waals surface area contributed by atoms with E-state index in [0.717, 1.165) is 24.2 Å². The van der Waals surface area contributed by atoms with Crippen LogP contribution in [0.5, 0.6) is 0 Å². The molecule has 1 N–H and O–H groups in total. The van der Waals surface area contributed by atoms with Gasteiger partial charge in [-0.3, -0.25) is 0 Å². The molecule has 5 heteroatoms. The second kappa shape index (κ2) is 6.81. The predicted octanol–water partition coefficient (Wildman–Crippen LogP) is 4.00. The molecule has 0 atom stereocenters. The summed E-state index contributed by atoms with van der Waals surface area (Å²) in [4.78, 5) is 26.0. The van der Waals surface area contributed by atoms with Crippen molar-refractivity contribution < 1.29 is 14.3 Å². The molecule has 0 radical (unpaired) electrons. The van der Waals surface area contributed by atoms with Gasteiger partial charge in [0.05, 0.1) is 11.1 Å². The van der Waals surface area contributed by atoms with Gasteiger partial charge in [0.2, 0.25) is 0 Å². The van der Waals surface area contributed by atoms with Crippen LogP contribution in [0.15, 0.2) is 57.7 Å². The van der Waals surface area contributed by atoms with E-state index in [1.54, 1.807) is 24.3 Å². The van der Waals surface area contributed by atoms with Crippen LogP contribution in [0.2, 0.25) is 0 Å². The Morgan fingerprint density at radius 2 is 1.76 bits per heavy atom. The van der Waals surface area contributed by atoms with E-state index in [2.05, 4.69) is 18.7 Å². The molecule has 0 saturated heterocycles. The van der Waals surface area contributed by atoms with Crippen molar-refractivity contribution in [2.75, 3.05) is 18.0 Å². The van der Waals surface area contributed by atoms with Crippen molar-refractivity contribution in [2.45, 2.75) is 13.8 Å². The summed E-state index contributed by atoms with van der Waals surface area (Å²) in [5.41, 5.74) is 1.62. The number of fused-ring (bicyclic) bond motifs is 1. The van der Waals surface area contributed by atoms with Gasteiger partial charge in [-0.15, -0.1) is 0 Å². The van der Waals surface area contributed by atoms with Crippen LogP contribution < -0.4 is 10.5 Å². The number of anilines is 1. The summed E-state index contributed by atoms with van der Waals surface area (Å²) in [7, 11) is 0. The number of benzene rings is 2. The fourth-order valence-corrected chi connectivity index (χ4v) is 2.98. The number of rotatable bonds is 5. The minimum atomic E-state index is -1.08. The molecule has 0 aliphatic carbocycles. The molecule has 0 bridgehead atoms. The second-order valence-electron chi connectivity index (χ2n) is 5.69. The quantitative estimate of drug-likeness (QED) is 0.713. The molecular weight excluding hydrogens is 318 g/mol. The largest absolute Gasteiger partial charge is 0.478 e. The van der Waals surface area contributed by atoms with Crippen LogP contribution >= 0.6 is 0 Å². The van der Waals surface area contributed by atoms with Crippen LogP contribution in [-0.2, 0) is 0 Å². The van der Waals surface area contributed by atoms with Crippen LogP contribution in [0.3, 0.4) is 0 Å². The summed E-state index contributed by atoms with van der Waals surface area (Å²) in [6.07, 6.45) is 0. The molecule has 3 rings (SSSR count). The Morgan fingerprint density at radius 3 is 2.44 bits per heavy atom. The van der Waals surface area contributed by atoms with Gasteiger partial charge in [0.1, 0.15) is 5.58 Å². The molecule has 2 aromatic carbocycles. The third-order valence-corrected chi connectivity index (χ3v) is 4.30. The first-order valence-electron chi connectivity index (χ1n) is 8.20. The van der Waals surface area contributed by atoms with Crippen molar-refractivity contribution in [1.29, 1.82) is 0 Å². The molecule has 128 valence electrons. The highest BCUT2D eigenvalue weighted by Crippen LogP contribution is 2.27. The maximum absolute atomic E-state index is 12.5. The van der Waals surface area contributed by atoms with Crippen LogP contribution in [0.25, 0.3) is 22.1 Å². The number of carboxylic acids is 1. The van der Waals surface area contributed by atoms with E-state index in [1.807, 2.05) is 18.2 Å². The fraction of sp³-hybridized carbons (Fsp3) is 0.200. The molecule has 0 unspecified atom stereocenters. The van der Waals surface area contributed by atoms with Crippen molar-refractivity contribution in [3.63, 3.8) is 0 Å². The molecule has 5 nitrogen and oxygen atoms in total. The highest BCUT2D eigenvalue weighted by molar-refractivity contribution is 5.97. The van der Waals surface area contributed by atoms with E-state index < -0.39 is 11.6 Å². The summed E-state index contributed by atoms with van der Waals surface area (Å²) in [6, 6.07) is 13.8. The number of carbonyl (C=O) groups is 1. The third kappa shape index (κ3) is 3.13. The lowest BCUT2D eigenvalue weighted by Crippen LogP contribution is -2.21. The van der Waals surface area contributed by atoms with Gasteiger partial charge in [-0.05, 0) is 38.1 Å². The van der Waals surface area contributed by atoms with Gasteiger partial charge in [-0.1, -0.05) is 18.2 Å². The van der Waals surface area contributed by atoms with Crippen LogP contribution in [-0.4, -0.2) is 24.2 Å². The normalized spacial score (nSPS) is 10.8. The zero-order valence-electron chi connectivity index (χ0n) is 14.2. The lowest BCUT2D eigenvalue weighted by molar-refractivity contribution is 0.0697. The molecule has 0 spiro atoms. The maximum atomic E-state index is 12.5. The maximum Gasteiger partial charge on any atom is 0.344 e. The van der Waals surface area contributed by atoms with Gasteiger partial charge in [-0.25, -0.2) is 9.59 Å². The zero-order valence-corrected chi connectivity index (χ0v) is 14.2. The predicted molar refractivity (Wildman–Crippen MR) is 98.4 cm³/mol. The van der Waals surface area contributed by atoms with Gasteiger partial charge in [0, 0.05) is 35.8 Å². The smallest absolute Gasteiger partial charge is 0.344 e. The Bertz CT molecular complexity index is 986. The topological polar surface area (TPSA) is 70.8 Å². The van der Waals surface area contributed by atoms with E-state index >= 15 is 0 Å². The van der Waals surface area contributed by atoms with Crippen molar-refractivity contribution in [3.8, 4) is 11.1 Å². The highest BCUT2D eigenvalue weighted by atomic mass is 16.4. The van der Waals surface area contributed by atoms with Gasteiger partial charge < -0.3 is 14.4 Å². The van der Waals surface area contributed by atoms with Gasteiger partial charge >= 0.3 is 11.6 Å². The van der Waals surface area contributed by atoms with Crippen molar-refractivity contribution in [3.05, 3.63) is 64.5 Å². The monoisotopic (exact) mass is 337 g/mol.